The van der Waals surface area contributed by atoms with Gasteiger partial charge in [0.2, 0.25) is 11.7 Å². The number of benzene rings is 1. The number of nitrogens with one attached hydrogen (secondary N) is 1. The second-order valence-corrected chi connectivity index (χ2v) is 5.10. The van der Waals surface area contributed by atoms with Crippen LogP contribution in [0.5, 0.6) is 5.75 Å². The Morgan fingerprint density at radius 2 is 2.05 bits per heavy atom. The van der Waals surface area contributed by atoms with Gasteiger partial charge in [0.25, 0.3) is 0 Å². The van der Waals surface area contributed by atoms with Crippen LogP contribution in [0.3, 0.4) is 0 Å². The normalized spacial score (nSPS) is 18.9. The van der Waals surface area contributed by atoms with Crippen LogP contribution in [-0.4, -0.2) is 28.3 Å². The average molecular weight is 259 g/mol. The van der Waals surface area contributed by atoms with Gasteiger partial charge in [0.05, 0.1) is 5.92 Å². The summed E-state index contributed by atoms with van der Waals surface area (Å²) in [4.78, 5) is 4.47. The molecule has 2 aromatic rings. The monoisotopic (exact) mass is 259 g/mol. The first kappa shape index (κ1) is 12.2. The predicted molar refractivity (Wildman–Crippen MR) is 71.1 cm³/mol. The third-order valence-electron chi connectivity index (χ3n) is 3.60. The molecule has 1 aliphatic rings. The van der Waals surface area contributed by atoms with Crippen molar-refractivity contribution in [2.75, 3.05) is 13.1 Å². The van der Waals surface area contributed by atoms with E-state index in [2.05, 4.69) is 15.5 Å². The SMILES string of the molecule is Cc1cc(-c2noc(C3CCNC3)n2)cc(C)c1O. The molecule has 5 nitrogen and oxygen atoms in total. The Bertz CT molecular complexity index is 577. The van der Waals surface area contributed by atoms with Crippen LogP contribution in [-0.2, 0) is 0 Å². The van der Waals surface area contributed by atoms with E-state index in [1.54, 1.807) is 0 Å². The maximum Gasteiger partial charge on any atom is 0.231 e. The fourth-order valence-corrected chi connectivity index (χ4v) is 2.47. The van der Waals surface area contributed by atoms with Gasteiger partial charge in [-0.1, -0.05) is 5.16 Å². The first-order valence-electron chi connectivity index (χ1n) is 6.50. The summed E-state index contributed by atoms with van der Waals surface area (Å²) in [5.74, 6) is 1.93. The summed E-state index contributed by atoms with van der Waals surface area (Å²) < 4.78 is 5.35. The Kier molecular flexibility index (Phi) is 2.98. The highest BCUT2D eigenvalue weighted by atomic mass is 16.5. The topological polar surface area (TPSA) is 71.2 Å². The van der Waals surface area contributed by atoms with Gasteiger partial charge in [-0.25, -0.2) is 0 Å². The van der Waals surface area contributed by atoms with Gasteiger partial charge >= 0.3 is 0 Å². The Morgan fingerprint density at radius 3 is 2.68 bits per heavy atom. The molecule has 2 N–H and O–H groups in total. The highest BCUT2D eigenvalue weighted by Crippen LogP contribution is 2.29. The van der Waals surface area contributed by atoms with E-state index >= 15 is 0 Å². The minimum atomic E-state index is 0.320. The number of aromatic nitrogens is 2. The number of hydrogen-bond acceptors (Lipinski definition) is 5. The van der Waals surface area contributed by atoms with E-state index in [4.69, 9.17) is 4.52 Å². The number of nitrogens with zero attached hydrogens (tertiary/aromatic N) is 2. The molecular weight excluding hydrogens is 242 g/mol. The summed E-state index contributed by atoms with van der Waals surface area (Å²) in [5.41, 5.74) is 2.53. The molecular formula is C14H17N3O2. The molecule has 0 radical (unpaired) electrons. The van der Waals surface area contributed by atoms with E-state index in [1.165, 1.54) is 0 Å². The Labute approximate surface area is 111 Å². The summed E-state index contributed by atoms with van der Waals surface area (Å²) in [6.07, 6.45) is 1.04. The second-order valence-electron chi connectivity index (χ2n) is 5.10. The van der Waals surface area contributed by atoms with Crippen molar-refractivity contribution in [3.05, 3.63) is 29.2 Å². The van der Waals surface area contributed by atoms with E-state index in [1.807, 2.05) is 26.0 Å². The molecule has 1 aromatic carbocycles. The third kappa shape index (κ3) is 2.21. The van der Waals surface area contributed by atoms with Crippen molar-refractivity contribution in [1.29, 1.82) is 0 Å². The van der Waals surface area contributed by atoms with E-state index < -0.39 is 0 Å². The van der Waals surface area contributed by atoms with Crippen molar-refractivity contribution < 1.29 is 9.63 Å². The molecule has 1 atom stereocenters. The second kappa shape index (κ2) is 4.66. The van der Waals surface area contributed by atoms with Gasteiger partial charge in [-0.3, -0.25) is 0 Å². The summed E-state index contributed by atoms with van der Waals surface area (Å²) in [7, 11) is 0. The highest BCUT2D eigenvalue weighted by molar-refractivity contribution is 5.60. The largest absolute Gasteiger partial charge is 0.507 e. The fraction of sp³-hybridized carbons (Fsp3) is 0.429. The van der Waals surface area contributed by atoms with Crippen LogP contribution in [0.1, 0.15) is 29.4 Å². The Balaban J connectivity index is 1.94. The number of phenols is 1. The summed E-state index contributed by atoms with van der Waals surface area (Å²) in [6, 6.07) is 3.76. The van der Waals surface area contributed by atoms with Gasteiger partial charge < -0.3 is 14.9 Å². The van der Waals surface area contributed by atoms with Crippen molar-refractivity contribution in [2.45, 2.75) is 26.2 Å². The first-order chi connectivity index (χ1) is 9.15. The fourth-order valence-electron chi connectivity index (χ4n) is 2.47. The zero-order valence-corrected chi connectivity index (χ0v) is 11.1. The molecule has 0 saturated carbocycles. The molecule has 1 aromatic heterocycles. The number of phenolic OH excluding ortho intramolecular Hbond substituents is 1. The lowest BCUT2D eigenvalue weighted by Crippen LogP contribution is -2.08. The quantitative estimate of drug-likeness (QED) is 0.864. The Morgan fingerprint density at radius 1 is 1.32 bits per heavy atom. The molecule has 1 saturated heterocycles. The zero-order chi connectivity index (χ0) is 13.4. The summed E-state index contributed by atoms with van der Waals surface area (Å²) in [6.45, 7) is 5.64. The molecule has 0 spiro atoms. The molecule has 19 heavy (non-hydrogen) atoms. The molecule has 0 aliphatic carbocycles. The van der Waals surface area contributed by atoms with E-state index in [0.717, 1.165) is 36.2 Å². The van der Waals surface area contributed by atoms with Crippen molar-refractivity contribution >= 4 is 0 Å². The molecule has 1 fully saturated rings. The van der Waals surface area contributed by atoms with Crippen LogP contribution in [0.4, 0.5) is 0 Å². The van der Waals surface area contributed by atoms with Gasteiger partial charge in [-0.05, 0) is 50.1 Å². The maximum absolute atomic E-state index is 9.78. The van der Waals surface area contributed by atoms with Gasteiger partial charge in [-0.2, -0.15) is 4.98 Å². The van der Waals surface area contributed by atoms with Gasteiger partial charge in [0, 0.05) is 12.1 Å². The highest BCUT2D eigenvalue weighted by Gasteiger charge is 2.23. The van der Waals surface area contributed by atoms with Crippen LogP contribution >= 0.6 is 0 Å². The van der Waals surface area contributed by atoms with Crippen molar-refractivity contribution in [3.63, 3.8) is 0 Å². The van der Waals surface area contributed by atoms with Gasteiger partial charge in [0.1, 0.15) is 5.75 Å². The van der Waals surface area contributed by atoms with Crippen molar-refractivity contribution in [1.82, 2.24) is 15.5 Å². The smallest absolute Gasteiger partial charge is 0.231 e. The van der Waals surface area contributed by atoms with Crippen molar-refractivity contribution in [2.24, 2.45) is 0 Å². The molecule has 2 heterocycles. The number of aryl methyl sites for hydroxylation is 2. The lowest BCUT2D eigenvalue weighted by atomic mass is 10.1. The van der Waals surface area contributed by atoms with Crippen LogP contribution in [0.15, 0.2) is 16.7 Å². The van der Waals surface area contributed by atoms with Crippen LogP contribution in [0.2, 0.25) is 0 Å². The standard InChI is InChI=1S/C14H17N3O2/c1-8-5-11(6-9(2)12(8)18)13-16-14(19-17-13)10-3-4-15-7-10/h5-6,10,15,18H,3-4,7H2,1-2H3. The average Bonchev–Trinajstić information content (AvgIpc) is 3.05. The summed E-state index contributed by atoms with van der Waals surface area (Å²) in [5, 5.41) is 17.1. The molecule has 1 aliphatic heterocycles. The lowest BCUT2D eigenvalue weighted by molar-refractivity contribution is 0.359. The first-order valence-corrected chi connectivity index (χ1v) is 6.50. The van der Waals surface area contributed by atoms with E-state index in [0.29, 0.717) is 23.4 Å². The van der Waals surface area contributed by atoms with Gasteiger partial charge in [0.15, 0.2) is 0 Å². The molecule has 3 rings (SSSR count). The van der Waals surface area contributed by atoms with Crippen molar-refractivity contribution in [3.8, 4) is 17.1 Å². The van der Waals surface area contributed by atoms with E-state index in [-0.39, 0.29) is 0 Å². The zero-order valence-electron chi connectivity index (χ0n) is 11.1. The van der Waals surface area contributed by atoms with Gasteiger partial charge in [-0.15, -0.1) is 0 Å². The van der Waals surface area contributed by atoms with E-state index in [9.17, 15) is 5.11 Å². The van der Waals surface area contributed by atoms with Crippen LogP contribution in [0, 0.1) is 13.8 Å². The molecule has 0 amide bonds. The molecule has 0 bridgehead atoms. The minimum absolute atomic E-state index is 0.320. The minimum Gasteiger partial charge on any atom is -0.507 e. The maximum atomic E-state index is 9.78. The van der Waals surface area contributed by atoms with Crippen LogP contribution in [0.25, 0.3) is 11.4 Å². The third-order valence-corrected chi connectivity index (χ3v) is 3.60. The lowest BCUT2D eigenvalue weighted by Gasteiger charge is -2.04. The Hall–Kier alpha value is -1.88. The number of rotatable bonds is 2. The molecule has 5 heteroatoms. The molecule has 100 valence electrons. The number of hydrogen-bond donors (Lipinski definition) is 2. The molecule has 1 unspecified atom stereocenters. The van der Waals surface area contributed by atoms with Crippen LogP contribution < -0.4 is 5.32 Å². The number of aromatic hydroxyl groups is 1. The predicted octanol–water partition coefficient (Wildman–Crippen LogP) is 2.14. The summed E-state index contributed by atoms with van der Waals surface area (Å²) >= 11 is 0.